The van der Waals surface area contributed by atoms with E-state index in [0.717, 1.165) is 6.67 Å². The molecule has 2 aromatic rings. The number of nitrogens with one attached hydrogen (secondary N) is 2. The van der Waals surface area contributed by atoms with Crippen molar-refractivity contribution in [2.24, 2.45) is 0 Å². The molecule has 2 heteroatoms. The molecule has 0 bridgehead atoms. The molecular formula is C20H24N2. The number of benzene rings is 2. The minimum absolute atomic E-state index is 0.143. The molecule has 1 heterocycles. The Morgan fingerprint density at radius 2 is 1.59 bits per heavy atom. The van der Waals surface area contributed by atoms with Gasteiger partial charge in [0.25, 0.3) is 0 Å². The molecule has 3 rings (SSSR count). The van der Waals surface area contributed by atoms with E-state index in [4.69, 9.17) is 0 Å². The summed E-state index contributed by atoms with van der Waals surface area (Å²) in [5.41, 5.74) is 5.35. The Kier molecular flexibility index (Phi) is 4.04. The van der Waals surface area contributed by atoms with E-state index in [1.165, 1.54) is 22.4 Å². The molecule has 1 aliphatic rings. The zero-order valence-corrected chi connectivity index (χ0v) is 13.6. The molecule has 0 fully saturated rings. The first kappa shape index (κ1) is 14.9. The molecule has 22 heavy (non-hydrogen) atoms. The average molecular weight is 292 g/mol. The van der Waals surface area contributed by atoms with Crippen molar-refractivity contribution in [3.63, 3.8) is 0 Å². The van der Waals surface area contributed by atoms with Gasteiger partial charge in [-0.15, -0.1) is 0 Å². The normalized spacial score (nSPS) is 18.5. The minimum Gasteiger partial charge on any atom is -0.372 e. The van der Waals surface area contributed by atoms with Crippen molar-refractivity contribution < 1.29 is 0 Å². The van der Waals surface area contributed by atoms with Gasteiger partial charge in [0, 0.05) is 5.70 Å². The third kappa shape index (κ3) is 3.07. The molecule has 1 unspecified atom stereocenters. The lowest BCUT2D eigenvalue weighted by molar-refractivity contribution is 0.538. The highest BCUT2D eigenvalue weighted by molar-refractivity contribution is 5.65. The molecule has 2 N–H and O–H groups in total. The maximum Gasteiger partial charge on any atom is 0.0660 e. The fourth-order valence-electron chi connectivity index (χ4n) is 3.01. The van der Waals surface area contributed by atoms with E-state index in [1.54, 1.807) is 0 Å². The molecule has 2 aromatic carbocycles. The van der Waals surface area contributed by atoms with Crippen LogP contribution in [0.1, 0.15) is 43.5 Å². The van der Waals surface area contributed by atoms with Gasteiger partial charge >= 0.3 is 0 Å². The summed E-state index contributed by atoms with van der Waals surface area (Å²) in [5.74, 6) is 0. The van der Waals surface area contributed by atoms with Crippen LogP contribution in [0.15, 0.2) is 60.7 Å². The molecule has 0 saturated heterocycles. The number of hydrogen-bond donors (Lipinski definition) is 2. The summed E-state index contributed by atoms with van der Waals surface area (Å²) in [5, 5.41) is 7.00. The molecule has 1 aliphatic heterocycles. The quantitative estimate of drug-likeness (QED) is 0.866. The lowest BCUT2D eigenvalue weighted by Crippen LogP contribution is -2.36. The van der Waals surface area contributed by atoms with E-state index in [1.807, 2.05) is 0 Å². The Balaban J connectivity index is 1.99. The van der Waals surface area contributed by atoms with Crippen LogP contribution in [0.4, 0.5) is 0 Å². The standard InChI is InChI=1S/C20H24N2/c1-20(2,3)17-12-8-7-11-16(17)19-13-18(21-14-22-19)15-9-5-4-6-10-15/h4-13,19,21-22H,14H2,1-3H3. The lowest BCUT2D eigenvalue weighted by atomic mass is 9.81. The highest BCUT2D eigenvalue weighted by atomic mass is 15.1. The van der Waals surface area contributed by atoms with Crippen molar-refractivity contribution in [3.05, 3.63) is 77.4 Å². The second-order valence-corrected chi connectivity index (χ2v) is 6.82. The molecule has 0 aliphatic carbocycles. The highest BCUT2D eigenvalue weighted by Crippen LogP contribution is 2.32. The molecule has 0 saturated carbocycles. The second kappa shape index (κ2) is 5.98. The van der Waals surface area contributed by atoms with Gasteiger partial charge in [-0.1, -0.05) is 75.4 Å². The molecule has 0 aromatic heterocycles. The van der Waals surface area contributed by atoms with Crippen LogP contribution in [0.5, 0.6) is 0 Å². The third-order valence-corrected chi connectivity index (χ3v) is 4.12. The van der Waals surface area contributed by atoms with Crippen molar-refractivity contribution >= 4 is 5.70 Å². The van der Waals surface area contributed by atoms with Crippen LogP contribution in [0.25, 0.3) is 5.70 Å². The predicted molar refractivity (Wildman–Crippen MR) is 93.4 cm³/mol. The highest BCUT2D eigenvalue weighted by Gasteiger charge is 2.23. The van der Waals surface area contributed by atoms with Crippen molar-refractivity contribution in [1.82, 2.24) is 10.6 Å². The molecule has 0 amide bonds. The van der Waals surface area contributed by atoms with Gasteiger partial charge in [-0.3, -0.25) is 5.32 Å². The second-order valence-electron chi connectivity index (χ2n) is 6.82. The Bertz CT molecular complexity index is 666. The van der Waals surface area contributed by atoms with E-state index >= 15 is 0 Å². The van der Waals surface area contributed by atoms with Crippen molar-refractivity contribution in [2.45, 2.75) is 32.2 Å². The van der Waals surface area contributed by atoms with Gasteiger partial charge < -0.3 is 5.32 Å². The zero-order valence-electron chi connectivity index (χ0n) is 13.6. The van der Waals surface area contributed by atoms with Crippen LogP contribution in [0.2, 0.25) is 0 Å². The van der Waals surface area contributed by atoms with Crippen molar-refractivity contribution in [3.8, 4) is 0 Å². The van der Waals surface area contributed by atoms with Crippen molar-refractivity contribution in [1.29, 1.82) is 0 Å². The SMILES string of the molecule is CC(C)(C)c1ccccc1C1C=C(c2ccccc2)NCN1. The van der Waals surface area contributed by atoms with E-state index in [-0.39, 0.29) is 11.5 Å². The molecule has 2 nitrogen and oxygen atoms in total. The van der Waals surface area contributed by atoms with Crippen LogP contribution in [0.3, 0.4) is 0 Å². The first-order chi connectivity index (χ1) is 10.6. The molecule has 1 atom stereocenters. The van der Waals surface area contributed by atoms with Gasteiger partial charge in [-0.2, -0.15) is 0 Å². The summed E-state index contributed by atoms with van der Waals surface area (Å²) in [6.45, 7) is 7.60. The Morgan fingerprint density at radius 3 is 2.32 bits per heavy atom. The number of rotatable bonds is 2. The van der Waals surface area contributed by atoms with Gasteiger partial charge in [0.15, 0.2) is 0 Å². The van der Waals surface area contributed by atoms with Gasteiger partial charge in [0.05, 0.1) is 12.7 Å². The monoisotopic (exact) mass is 292 g/mol. The Morgan fingerprint density at radius 1 is 0.909 bits per heavy atom. The van der Waals surface area contributed by atoms with Gasteiger partial charge in [0.2, 0.25) is 0 Å². The van der Waals surface area contributed by atoms with Gasteiger partial charge in [-0.05, 0) is 28.2 Å². The molecule has 114 valence electrons. The largest absolute Gasteiger partial charge is 0.372 e. The van der Waals surface area contributed by atoms with Crippen LogP contribution in [-0.4, -0.2) is 6.67 Å². The zero-order chi connectivity index (χ0) is 15.6. The van der Waals surface area contributed by atoms with E-state index < -0.39 is 0 Å². The molecule has 0 radical (unpaired) electrons. The first-order valence-corrected chi connectivity index (χ1v) is 7.89. The van der Waals surface area contributed by atoms with Crippen LogP contribution >= 0.6 is 0 Å². The smallest absolute Gasteiger partial charge is 0.0660 e. The average Bonchev–Trinajstić information content (AvgIpc) is 2.55. The summed E-state index contributed by atoms with van der Waals surface area (Å²) >= 11 is 0. The van der Waals surface area contributed by atoms with E-state index in [2.05, 4.69) is 92.1 Å². The van der Waals surface area contributed by atoms with Crippen LogP contribution in [0, 0.1) is 0 Å². The maximum atomic E-state index is 3.56. The fraction of sp³-hybridized carbons (Fsp3) is 0.300. The predicted octanol–water partition coefficient (Wildman–Crippen LogP) is 4.22. The lowest BCUT2D eigenvalue weighted by Gasteiger charge is -2.30. The third-order valence-electron chi connectivity index (χ3n) is 4.12. The summed E-state index contributed by atoms with van der Waals surface area (Å²) in [6, 6.07) is 19.5. The topological polar surface area (TPSA) is 24.1 Å². The fourth-order valence-corrected chi connectivity index (χ4v) is 3.01. The minimum atomic E-state index is 0.143. The molecule has 0 spiro atoms. The van der Waals surface area contributed by atoms with Gasteiger partial charge in [0.1, 0.15) is 0 Å². The van der Waals surface area contributed by atoms with Gasteiger partial charge in [-0.25, -0.2) is 0 Å². The van der Waals surface area contributed by atoms with Crippen LogP contribution < -0.4 is 10.6 Å². The molecular weight excluding hydrogens is 268 g/mol. The number of hydrogen-bond acceptors (Lipinski definition) is 2. The summed E-state index contributed by atoms with van der Waals surface area (Å²) in [6.07, 6.45) is 2.30. The Hall–Kier alpha value is -2.06. The van der Waals surface area contributed by atoms with Crippen molar-refractivity contribution in [2.75, 3.05) is 6.67 Å². The van der Waals surface area contributed by atoms with Crippen LogP contribution in [-0.2, 0) is 5.41 Å². The summed E-state index contributed by atoms with van der Waals surface area (Å²) in [4.78, 5) is 0. The Labute approximate surface area is 133 Å². The van der Waals surface area contributed by atoms with E-state index in [0.29, 0.717) is 0 Å². The summed E-state index contributed by atoms with van der Waals surface area (Å²) in [7, 11) is 0. The first-order valence-electron chi connectivity index (χ1n) is 7.89. The maximum absolute atomic E-state index is 3.56. The van der Waals surface area contributed by atoms with E-state index in [9.17, 15) is 0 Å². The summed E-state index contributed by atoms with van der Waals surface area (Å²) < 4.78 is 0.